The molecule has 0 amide bonds. The van der Waals surface area contributed by atoms with Crippen LogP contribution in [0.4, 0.5) is 0 Å². The molecular formula is C12H17NO2. The number of likely N-dealkylation sites (N-methyl/N-ethyl adjacent to an activating group) is 1. The van der Waals surface area contributed by atoms with E-state index >= 15 is 0 Å². The zero-order valence-corrected chi connectivity index (χ0v) is 9.40. The highest BCUT2D eigenvalue weighted by Gasteiger charge is 2.37. The molecule has 1 saturated heterocycles. The summed E-state index contributed by atoms with van der Waals surface area (Å²) in [6.45, 7) is 5.01. The van der Waals surface area contributed by atoms with E-state index in [1.165, 1.54) is 0 Å². The molecule has 0 saturated carbocycles. The summed E-state index contributed by atoms with van der Waals surface area (Å²) in [6, 6.07) is 7.22. The molecule has 82 valence electrons. The Bertz CT molecular complexity index is 345. The first-order chi connectivity index (χ1) is 6.99. The fourth-order valence-corrected chi connectivity index (χ4v) is 1.81. The normalized spacial score (nSPS) is 25.7. The molecule has 1 unspecified atom stereocenters. The van der Waals surface area contributed by atoms with Gasteiger partial charge in [0.15, 0.2) is 0 Å². The van der Waals surface area contributed by atoms with Crippen molar-refractivity contribution >= 4 is 0 Å². The standard InChI is InChI=1S/C12H17NO2/c1-12(2)13(3)8-11(15-12)9-4-6-10(14)7-5-9/h4-7,11,14H,8H2,1-3H3. The molecule has 1 N–H and O–H groups in total. The number of rotatable bonds is 1. The summed E-state index contributed by atoms with van der Waals surface area (Å²) in [7, 11) is 2.06. The van der Waals surface area contributed by atoms with Gasteiger partial charge in [-0.1, -0.05) is 12.1 Å². The van der Waals surface area contributed by atoms with Gasteiger partial charge in [0.25, 0.3) is 0 Å². The van der Waals surface area contributed by atoms with E-state index in [1.807, 2.05) is 12.1 Å². The number of phenols is 1. The van der Waals surface area contributed by atoms with E-state index in [4.69, 9.17) is 4.74 Å². The monoisotopic (exact) mass is 207 g/mol. The molecule has 1 aromatic carbocycles. The van der Waals surface area contributed by atoms with Gasteiger partial charge in [0, 0.05) is 6.54 Å². The second-order valence-corrected chi connectivity index (χ2v) is 4.53. The smallest absolute Gasteiger partial charge is 0.116 e. The van der Waals surface area contributed by atoms with Crippen LogP contribution in [0.5, 0.6) is 5.75 Å². The Hall–Kier alpha value is -1.06. The molecule has 1 aromatic rings. The number of phenolic OH excluding ortho intramolecular Hbond substituents is 1. The van der Waals surface area contributed by atoms with E-state index in [0.29, 0.717) is 5.75 Å². The molecule has 0 aliphatic carbocycles. The molecule has 1 fully saturated rings. The molecular weight excluding hydrogens is 190 g/mol. The third-order valence-corrected chi connectivity index (χ3v) is 3.05. The van der Waals surface area contributed by atoms with Crippen LogP contribution in [0.1, 0.15) is 25.5 Å². The van der Waals surface area contributed by atoms with Gasteiger partial charge in [0.05, 0.1) is 6.10 Å². The molecule has 3 heteroatoms. The summed E-state index contributed by atoms with van der Waals surface area (Å²) in [5.74, 6) is 0.296. The molecule has 15 heavy (non-hydrogen) atoms. The van der Waals surface area contributed by atoms with E-state index in [-0.39, 0.29) is 11.8 Å². The minimum Gasteiger partial charge on any atom is -0.508 e. The maximum Gasteiger partial charge on any atom is 0.116 e. The van der Waals surface area contributed by atoms with Crippen LogP contribution in [-0.2, 0) is 4.74 Å². The summed E-state index contributed by atoms with van der Waals surface area (Å²) in [6.07, 6.45) is 0.102. The van der Waals surface area contributed by atoms with Crippen LogP contribution in [0.3, 0.4) is 0 Å². The Morgan fingerprint density at radius 1 is 1.33 bits per heavy atom. The highest BCUT2D eigenvalue weighted by molar-refractivity contribution is 5.28. The third-order valence-electron chi connectivity index (χ3n) is 3.05. The Morgan fingerprint density at radius 3 is 2.40 bits per heavy atom. The van der Waals surface area contributed by atoms with Gasteiger partial charge in [-0.15, -0.1) is 0 Å². The lowest BCUT2D eigenvalue weighted by atomic mass is 10.1. The first-order valence-electron chi connectivity index (χ1n) is 5.17. The number of hydrogen-bond acceptors (Lipinski definition) is 3. The van der Waals surface area contributed by atoms with Crippen LogP contribution in [0, 0.1) is 0 Å². The van der Waals surface area contributed by atoms with Crippen molar-refractivity contribution in [3.63, 3.8) is 0 Å². The summed E-state index contributed by atoms with van der Waals surface area (Å²) in [4.78, 5) is 2.19. The van der Waals surface area contributed by atoms with Crippen molar-refractivity contribution < 1.29 is 9.84 Å². The van der Waals surface area contributed by atoms with Crippen LogP contribution in [0.25, 0.3) is 0 Å². The molecule has 3 nitrogen and oxygen atoms in total. The second kappa shape index (κ2) is 3.51. The largest absolute Gasteiger partial charge is 0.508 e. The molecule has 0 aromatic heterocycles. The van der Waals surface area contributed by atoms with Crippen molar-refractivity contribution in [3.8, 4) is 5.75 Å². The molecule has 1 aliphatic rings. The van der Waals surface area contributed by atoms with Crippen LogP contribution >= 0.6 is 0 Å². The number of aromatic hydroxyl groups is 1. The van der Waals surface area contributed by atoms with Crippen LogP contribution in [0.15, 0.2) is 24.3 Å². The van der Waals surface area contributed by atoms with E-state index in [9.17, 15) is 5.11 Å². The first kappa shape index (κ1) is 10.5. The van der Waals surface area contributed by atoms with Gasteiger partial charge >= 0.3 is 0 Å². The fraction of sp³-hybridized carbons (Fsp3) is 0.500. The van der Waals surface area contributed by atoms with E-state index in [1.54, 1.807) is 12.1 Å². The minimum absolute atomic E-state index is 0.102. The fourth-order valence-electron chi connectivity index (χ4n) is 1.81. The predicted molar refractivity (Wildman–Crippen MR) is 58.6 cm³/mol. The maximum atomic E-state index is 9.20. The molecule has 1 aliphatic heterocycles. The topological polar surface area (TPSA) is 32.7 Å². The Balaban J connectivity index is 2.17. The number of hydrogen-bond donors (Lipinski definition) is 1. The highest BCUT2D eigenvalue weighted by atomic mass is 16.5. The molecule has 0 bridgehead atoms. The van der Waals surface area contributed by atoms with Crippen molar-refractivity contribution in [3.05, 3.63) is 29.8 Å². The molecule has 2 rings (SSSR count). The van der Waals surface area contributed by atoms with Crippen molar-refractivity contribution in [1.29, 1.82) is 0 Å². The maximum absolute atomic E-state index is 9.20. The van der Waals surface area contributed by atoms with Gasteiger partial charge in [0.1, 0.15) is 11.5 Å². The quantitative estimate of drug-likeness (QED) is 0.765. The van der Waals surface area contributed by atoms with E-state index in [2.05, 4.69) is 25.8 Å². The molecule has 1 heterocycles. The zero-order valence-electron chi connectivity index (χ0n) is 9.40. The molecule has 0 radical (unpaired) electrons. The van der Waals surface area contributed by atoms with Crippen molar-refractivity contribution in [2.45, 2.75) is 25.7 Å². The van der Waals surface area contributed by atoms with E-state index < -0.39 is 0 Å². The van der Waals surface area contributed by atoms with Gasteiger partial charge in [-0.3, -0.25) is 4.90 Å². The lowest BCUT2D eigenvalue weighted by molar-refractivity contribution is -0.0681. The van der Waals surface area contributed by atoms with Crippen molar-refractivity contribution in [2.24, 2.45) is 0 Å². The second-order valence-electron chi connectivity index (χ2n) is 4.53. The van der Waals surface area contributed by atoms with Gasteiger partial charge in [0.2, 0.25) is 0 Å². The van der Waals surface area contributed by atoms with Crippen LogP contribution < -0.4 is 0 Å². The lowest BCUT2D eigenvalue weighted by Gasteiger charge is -2.25. The summed E-state index contributed by atoms with van der Waals surface area (Å²) < 4.78 is 5.93. The van der Waals surface area contributed by atoms with Crippen molar-refractivity contribution in [1.82, 2.24) is 4.90 Å². The van der Waals surface area contributed by atoms with Crippen LogP contribution in [-0.4, -0.2) is 29.3 Å². The van der Waals surface area contributed by atoms with E-state index in [0.717, 1.165) is 12.1 Å². The third kappa shape index (κ3) is 1.98. The Labute approximate surface area is 90.3 Å². The van der Waals surface area contributed by atoms with Gasteiger partial charge in [-0.25, -0.2) is 0 Å². The molecule has 0 spiro atoms. The minimum atomic E-state index is -0.206. The van der Waals surface area contributed by atoms with Crippen molar-refractivity contribution in [2.75, 3.05) is 13.6 Å². The van der Waals surface area contributed by atoms with Gasteiger partial charge in [-0.05, 0) is 38.6 Å². The van der Waals surface area contributed by atoms with Gasteiger partial charge in [-0.2, -0.15) is 0 Å². The SMILES string of the molecule is CN1CC(c2ccc(O)cc2)OC1(C)C. The van der Waals surface area contributed by atoms with Gasteiger partial charge < -0.3 is 9.84 Å². The summed E-state index contributed by atoms with van der Waals surface area (Å²) >= 11 is 0. The summed E-state index contributed by atoms with van der Waals surface area (Å²) in [5, 5.41) is 9.20. The Kier molecular flexibility index (Phi) is 2.44. The lowest BCUT2D eigenvalue weighted by Crippen LogP contribution is -2.35. The average Bonchev–Trinajstić information content (AvgIpc) is 2.42. The average molecular weight is 207 g/mol. The molecule has 1 atom stereocenters. The number of benzene rings is 1. The van der Waals surface area contributed by atoms with Crippen LogP contribution in [0.2, 0.25) is 0 Å². The summed E-state index contributed by atoms with van der Waals surface area (Å²) in [5.41, 5.74) is 0.910. The predicted octanol–water partition coefficient (Wildman–Crippen LogP) is 2.13. The zero-order chi connectivity index (χ0) is 11.1. The number of ether oxygens (including phenoxy) is 1. The Morgan fingerprint density at radius 2 is 1.93 bits per heavy atom. The first-order valence-corrected chi connectivity index (χ1v) is 5.17. The highest BCUT2D eigenvalue weighted by Crippen LogP contribution is 2.34. The number of nitrogens with zero attached hydrogens (tertiary/aromatic N) is 1.